The Hall–Kier alpha value is -3.95. The van der Waals surface area contributed by atoms with Gasteiger partial charge in [-0.15, -0.1) is 11.3 Å². The van der Waals surface area contributed by atoms with Crippen molar-refractivity contribution in [2.24, 2.45) is 0 Å². The molecule has 41 heavy (non-hydrogen) atoms. The van der Waals surface area contributed by atoms with Gasteiger partial charge in [-0.3, -0.25) is 4.79 Å². The Bertz CT molecular complexity index is 1670. The maximum Gasteiger partial charge on any atom is 0.348 e. The summed E-state index contributed by atoms with van der Waals surface area (Å²) in [5.41, 5.74) is 4.30. The summed E-state index contributed by atoms with van der Waals surface area (Å²) in [4.78, 5) is 39.1. The van der Waals surface area contributed by atoms with E-state index in [1.165, 1.54) is 18.4 Å². The molecule has 2 heterocycles. The van der Waals surface area contributed by atoms with Gasteiger partial charge in [-0.25, -0.2) is 9.59 Å². The lowest BCUT2D eigenvalue weighted by Crippen LogP contribution is -2.45. The van der Waals surface area contributed by atoms with Gasteiger partial charge in [0.1, 0.15) is 23.0 Å². The van der Waals surface area contributed by atoms with E-state index in [9.17, 15) is 14.4 Å². The summed E-state index contributed by atoms with van der Waals surface area (Å²) >= 11 is 4.66. The smallest absolute Gasteiger partial charge is 0.348 e. The molecule has 0 saturated heterocycles. The van der Waals surface area contributed by atoms with Crippen molar-refractivity contribution in [1.82, 2.24) is 0 Å². The molecule has 4 aromatic rings. The van der Waals surface area contributed by atoms with E-state index in [0.717, 1.165) is 26.2 Å². The number of thiophene rings is 1. The highest BCUT2D eigenvalue weighted by molar-refractivity contribution is 9.11. The first-order chi connectivity index (χ1) is 19.6. The Morgan fingerprint density at radius 1 is 1.00 bits per heavy atom. The number of aryl methyl sites for hydroxylation is 1. The minimum absolute atomic E-state index is 0.0299. The molecule has 210 valence electrons. The largest absolute Gasteiger partial charge is 0.496 e. The highest BCUT2D eigenvalue weighted by Gasteiger charge is 2.35. The Morgan fingerprint density at radius 3 is 2.46 bits per heavy atom. The fourth-order valence-corrected chi connectivity index (χ4v) is 6.05. The number of ether oxygens (including phenoxy) is 3. The first kappa shape index (κ1) is 28.6. The van der Waals surface area contributed by atoms with Crippen LogP contribution < -0.4 is 14.8 Å². The fraction of sp³-hybridized carbons (Fsp3) is 0.219. The molecule has 0 spiro atoms. The number of methoxy groups -OCH3 is 1. The second kappa shape index (κ2) is 11.5. The van der Waals surface area contributed by atoms with E-state index in [4.69, 9.17) is 14.2 Å². The van der Waals surface area contributed by atoms with Crippen LogP contribution in [0.1, 0.15) is 50.6 Å². The summed E-state index contributed by atoms with van der Waals surface area (Å²) in [5.74, 6) is -0.101. The van der Waals surface area contributed by atoms with Crippen LogP contribution in [0.2, 0.25) is 0 Å². The van der Waals surface area contributed by atoms with Gasteiger partial charge in [0.2, 0.25) is 0 Å². The highest BCUT2D eigenvalue weighted by atomic mass is 79.9. The molecule has 1 N–H and O–H groups in total. The number of anilines is 1. The third kappa shape index (κ3) is 5.92. The summed E-state index contributed by atoms with van der Waals surface area (Å²) in [5, 5.41) is 3.32. The van der Waals surface area contributed by atoms with Crippen LogP contribution in [0.3, 0.4) is 0 Å². The molecule has 0 unspecified atom stereocenters. The van der Waals surface area contributed by atoms with Gasteiger partial charge in [-0.2, -0.15) is 0 Å². The van der Waals surface area contributed by atoms with Crippen molar-refractivity contribution in [1.29, 1.82) is 0 Å². The van der Waals surface area contributed by atoms with Crippen LogP contribution in [0.25, 0.3) is 11.1 Å². The molecular formula is C32H28BrNO6S. The molecule has 0 amide bonds. The van der Waals surface area contributed by atoms with E-state index < -0.39 is 17.5 Å². The van der Waals surface area contributed by atoms with Gasteiger partial charge in [0.25, 0.3) is 0 Å². The van der Waals surface area contributed by atoms with Crippen LogP contribution in [0, 0.1) is 6.92 Å². The number of carbonyl (C=O) groups is 3. The molecule has 7 nitrogen and oxygen atoms in total. The van der Waals surface area contributed by atoms with Gasteiger partial charge in [0.05, 0.1) is 22.0 Å². The molecular weight excluding hydrogens is 606 g/mol. The van der Waals surface area contributed by atoms with Crippen molar-refractivity contribution in [3.8, 4) is 22.6 Å². The van der Waals surface area contributed by atoms with E-state index >= 15 is 0 Å². The number of rotatable bonds is 7. The average Bonchev–Trinajstić information content (AvgIpc) is 3.38. The third-order valence-corrected chi connectivity index (χ3v) is 8.68. The van der Waals surface area contributed by atoms with Crippen LogP contribution >= 0.6 is 27.3 Å². The van der Waals surface area contributed by atoms with E-state index in [1.54, 1.807) is 42.5 Å². The Labute approximate surface area is 250 Å². The minimum Gasteiger partial charge on any atom is -0.496 e. The Morgan fingerprint density at radius 2 is 1.76 bits per heavy atom. The lowest BCUT2D eigenvalue weighted by Gasteiger charge is -2.34. The summed E-state index contributed by atoms with van der Waals surface area (Å²) in [6, 6.07) is 19.7. The lowest BCUT2D eigenvalue weighted by molar-refractivity contribution is -0.122. The van der Waals surface area contributed by atoms with Crippen molar-refractivity contribution in [3.05, 3.63) is 97.6 Å². The molecule has 5 rings (SSSR count). The monoisotopic (exact) mass is 633 g/mol. The molecule has 0 aliphatic carbocycles. The molecule has 0 saturated carbocycles. The number of carbonyl (C=O) groups excluding carboxylic acids is 3. The maximum absolute atomic E-state index is 13.0. The van der Waals surface area contributed by atoms with E-state index in [2.05, 4.69) is 21.2 Å². The van der Waals surface area contributed by atoms with Gasteiger partial charge in [-0.1, -0.05) is 24.3 Å². The molecule has 1 aliphatic heterocycles. The second-order valence-corrected chi connectivity index (χ2v) is 12.7. The first-order valence-electron chi connectivity index (χ1n) is 12.9. The Balaban J connectivity index is 1.52. The number of nitrogens with one attached hydrogen (secondary N) is 1. The minimum atomic E-state index is -0.716. The second-order valence-electron chi connectivity index (χ2n) is 10.2. The lowest BCUT2D eigenvalue weighted by atomic mass is 9.83. The van der Waals surface area contributed by atoms with E-state index in [0.29, 0.717) is 33.1 Å². The number of ketones is 1. The normalized spacial score (nSPS) is 13.6. The molecule has 0 bridgehead atoms. The maximum atomic E-state index is 13.0. The molecule has 0 fully saturated rings. The summed E-state index contributed by atoms with van der Waals surface area (Å²) in [6.07, 6.45) is 0.190. The first-order valence-corrected chi connectivity index (χ1v) is 14.5. The van der Waals surface area contributed by atoms with Crippen molar-refractivity contribution in [2.75, 3.05) is 12.4 Å². The SMILES string of the molecule is COc1cc(OC(=O)c2ccccc2C)ccc1-c1ccc2c(c1COC(=O)c1ccc(Br)s1)CC(=O)C(C)(C)N2. The zero-order valence-electron chi connectivity index (χ0n) is 23.0. The zero-order valence-corrected chi connectivity index (χ0v) is 25.4. The van der Waals surface area contributed by atoms with Gasteiger partial charge in [-0.05, 0) is 89.8 Å². The van der Waals surface area contributed by atoms with Crippen LogP contribution in [0.15, 0.2) is 70.5 Å². The number of benzene rings is 3. The van der Waals surface area contributed by atoms with Crippen LogP contribution in [-0.4, -0.2) is 30.4 Å². The number of hydrogen-bond acceptors (Lipinski definition) is 8. The summed E-state index contributed by atoms with van der Waals surface area (Å²) < 4.78 is 18.0. The van der Waals surface area contributed by atoms with Gasteiger partial charge < -0.3 is 19.5 Å². The predicted octanol–water partition coefficient (Wildman–Crippen LogP) is 7.39. The molecule has 0 radical (unpaired) electrons. The number of esters is 2. The number of Topliss-reactive ketones (excluding diaryl/α,β-unsaturated/α-hetero) is 1. The third-order valence-electron chi connectivity index (χ3n) is 7.07. The average molecular weight is 635 g/mol. The van der Waals surface area contributed by atoms with E-state index in [-0.39, 0.29) is 18.8 Å². The van der Waals surface area contributed by atoms with Gasteiger partial charge in [0.15, 0.2) is 5.78 Å². The van der Waals surface area contributed by atoms with Crippen LogP contribution in [0.4, 0.5) is 5.69 Å². The molecule has 1 aromatic heterocycles. The number of fused-ring (bicyclic) bond motifs is 1. The van der Waals surface area contributed by atoms with Crippen molar-refractivity contribution < 1.29 is 28.6 Å². The molecule has 0 atom stereocenters. The quantitative estimate of drug-likeness (QED) is 0.168. The number of halogens is 1. The predicted molar refractivity (Wildman–Crippen MR) is 162 cm³/mol. The number of hydrogen-bond donors (Lipinski definition) is 1. The van der Waals surface area contributed by atoms with Gasteiger partial charge in [0, 0.05) is 29.3 Å². The Kier molecular flexibility index (Phi) is 8.02. The fourth-order valence-electron chi connectivity index (χ4n) is 4.77. The van der Waals surface area contributed by atoms with Crippen LogP contribution in [-0.2, 0) is 22.6 Å². The molecule has 1 aliphatic rings. The highest BCUT2D eigenvalue weighted by Crippen LogP contribution is 2.41. The summed E-state index contributed by atoms with van der Waals surface area (Å²) in [7, 11) is 1.53. The van der Waals surface area contributed by atoms with Crippen molar-refractivity contribution in [2.45, 2.75) is 39.3 Å². The summed E-state index contributed by atoms with van der Waals surface area (Å²) in [6.45, 7) is 5.50. The van der Waals surface area contributed by atoms with Crippen molar-refractivity contribution >= 4 is 50.7 Å². The topological polar surface area (TPSA) is 90.9 Å². The molecule has 9 heteroatoms. The van der Waals surface area contributed by atoms with Crippen LogP contribution in [0.5, 0.6) is 11.5 Å². The van der Waals surface area contributed by atoms with Crippen molar-refractivity contribution in [3.63, 3.8) is 0 Å². The zero-order chi connectivity index (χ0) is 29.3. The molecule has 3 aromatic carbocycles. The van der Waals surface area contributed by atoms with E-state index in [1.807, 2.05) is 45.0 Å². The standard InChI is InChI=1S/C32H28BrNO6S/c1-18-7-5-6-8-20(18)30(36)40-19-9-10-22(26(15-19)38-4)21-11-12-25-23(16-28(35)32(2,3)34-25)24(21)17-39-31(37)27-13-14-29(33)41-27/h5-15,34H,16-17H2,1-4H3. The van der Waals surface area contributed by atoms with Gasteiger partial charge >= 0.3 is 11.9 Å².